The fraction of sp³-hybridized carbons (Fsp3) is 0.176. The predicted molar refractivity (Wildman–Crippen MR) is 78.5 cm³/mol. The number of benzene rings is 1. The van der Waals surface area contributed by atoms with Crippen molar-refractivity contribution in [2.45, 2.75) is 6.92 Å². The Hall–Kier alpha value is -2.53. The molecule has 0 saturated carbocycles. The smallest absolute Gasteiger partial charge is 0.308 e. The van der Waals surface area contributed by atoms with Crippen LogP contribution in [0.2, 0.25) is 0 Å². The first kappa shape index (κ1) is 15.5. The maximum absolute atomic E-state index is 11.1. The van der Waals surface area contributed by atoms with E-state index in [1.807, 2.05) is 30.3 Å². The summed E-state index contributed by atoms with van der Waals surface area (Å²) < 4.78 is 10.2. The lowest BCUT2D eigenvalue weighted by Crippen LogP contribution is -1.97. The topological polar surface area (TPSA) is 35.5 Å². The van der Waals surface area contributed by atoms with Gasteiger partial charge in [-0.2, -0.15) is 0 Å². The molecule has 1 aromatic rings. The highest BCUT2D eigenvalue weighted by Gasteiger charge is 2.03. The zero-order valence-electron chi connectivity index (χ0n) is 11.3. The van der Waals surface area contributed by atoms with Crippen LogP contribution in [-0.4, -0.2) is 19.2 Å². The molecule has 0 heterocycles. The van der Waals surface area contributed by atoms with Crippen LogP contribution in [0.15, 0.2) is 54.3 Å². The van der Waals surface area contributed by atoms with Gasteiger partial charge in [0.25, 0.3) is 0 Å². The lowest BCUT2D eigenvalue weighted by Gasteiger charge is -2.03. The molecule has 0 unspecified atom stereocenters. The lowest BCUT2D eigenvalue weighted by molar-refractivity contribution is -0.134. The molecule has 0 aliphatic rings. The van der Waals surface area contributed by atoms with Gasteiger partial charge in [-0.05, 0) is 6.08 Å². The maximum atomic E-state index is 11.1. The standard InChI is InChI=1S/C17H16O3/c1-3-13-19-14-9-5-8-12-17(20-15(2)18)16-10-6-4-7-11-16/h1,4-11H,13-14H2,2H3/b9-5+. The van der Waals surface area contributed by atoms with E-state index in [4.69, 9.17) is 15.9 Å². The van der Waals surface area contributed by atoms with Gasteiger partial charge >= 0.3 is 5.97 Å². The molecule has 0 aromatic heterocycles. The van der Waals surface area contributed by atoms with Crippen LogP contribution in [0.3, 0.4) is 0 Å². The quantitative estimate of drug-likeness (QED) is 0.199. The van der Waals surface area contributed by atoms with Gasteiger partial charge in [-0.25, -0.2) is 0 Å². The molecule has 0 bridgehead atoms. The van der Waals surface area contributed by atoms with Crippen LogP contribution < -0.4 is 0 Å². The van der Waals surface area contributed by atoms with Gasteiger partial charge < -0.3 is 9.47 Å². The summed E-state index contributed by atoms with van der Waals surface area (Å²) in [6.07, 6.45) is 10.3. The predicted octanol–water partition coefficient (Wildman–Crippen LogP) is 2.95. The van der Waals surface area contributed by atoms with Gasteiger partial charge in [0.1, 0.15) is 6.61 Å². The van der Waals surface area contributed by atoms with Gasteiger partial charge in [0.15, 0.2) is 5.76 Å². The van der Waals surface area contributed by atoms with Crippen LogP contribution in [0.25, 0.3) is 5.76 Å². The van der Waals surface area contributed by atoms with Crippen molar-refractivity contribution >= 4 is 11.7 Å². The van der Waals surface area contributed by atoms with E-state index in [0.29, 0.717) is 12.4 Å². The zero-order chi connectivity index (χ0) is 14.6. The highest BCUT2D eigenvalue weighted by Crippen LogP contribution is 2.14. The van der Waals surface area contributed by atoms with Crippen LogP contribution in [-0.2, 0) is 14.3 Å². The van der Waals surface area contributed by atoms with Crippen LogP contribution >= 0.6 is 0 Å². The first-order chi connectivity index (χ1) is 9.74. The van der Waals surface area contributed by atoms with Crippen molar-refractivity contribution in [3.05, 3.63) is 59.9 Å². The fourth-order valence-corrected chi connectivity index (χ4v) is 1.34. The van der Waals surface area contributed by atoms with Gasteiger partial charge in [-0.15, -0.1) is 6.42 Å². The fourth-order valence-electron chi connectivity index (χ4n) is 1.34. The second-order valence-electron chi connectivity index (χ2n) is 3.75. The van der Waals surface area contributed by atoms with Gasteiger partial charge in [0.2, 0.25) is 0 Å². The average Bonchev–Trinajstić information content (AvgIpc) is 2.45. The molecule has 1 rings (SSSR count). The van der Waals surface area contributed by atoms with Crippen molar-refractivity contribution in [1.29, 1.82) is 0 Å². The van der Waals surface area contributed by atoms with Crippen molar-refractivity contribution in [3.8, 4) is 12.3 Å². The van der Waals surface area contributed by atoms with Crippen molar-refractivity contribution in [2.24, 2.45) is 0 Å². The number of hydrogen-bond donors (Lipinski definition) is 0. The van der Waals surface area contributed by atoms with Crippen LogP contribution in [0, 0.1) is 12.3 Å². The third kappa shape index (κ3) is 6.42. The minimum absolute atomic E-state index is 0.284. The molecule has 3 nitrogen and oxygen atoms in total. The second-order valence-corrected chi connectivity index (χ2v) is 3.75. The number of hydrogen-bond acceptors (Lipinski definition) is 3. The number of carbonyl (C=O) groups is 1. The van der Waals surface area contributed by atoms with Crippen molar-refractivity contribution in [2.75, 3.05) is 13.2 Å². The molecule has 0 aliphatic heterocycles. The molecule has 0 saturated heterocycles. The number of allylic oxidation sites excluding steroid dienone is 2. The van der Waals surface area contributed by atoms with E-state index in [-0.39, 0.29) is 12.6 Å². The van der Waals surface area contributed by atoms with Gasteiger partial charge in [-0.3, -0.25) is 4.79 Å². The Morgan fingerprint density at radius 3 is 2.75 bits per heavy atom. The second kappa shape index (κ2) is 9.41. The Kier molecular flexibility index (Phi) is 7.30. The summed E-state index contributed by atoms with van der Waals surface area (Å²) >= 11 is 0. The minimum Gasteiger partial charge on any atom is -0.417 e. The number of ether oxygens (including phenoxy) is 2. The van der Waals surface area contributed by atoms with E-state index < -0.39 is 0 Å². The molecule has 3 heteroatoms. The Labute approximate surface area is 119 Å². The van der Waals surface area contributed by atoms with Gasteiger partial charge in [0, 0.05) is 12.5 Å². The Morgan fingerprint density at radius 2 is 2.10 bits per heavy atom. The van der Waals surface area contributed by atoms with Crippen LogP contribution in [0.4, 0.5) is 0 Å². The first-order valence-electron chi connectivity index (χ1n) is 6.11. The Morgan fingerprint density at radius 1 is 1.35 bits per heavy atom. The van der Waals surface area contributed by atoms with Crippen LogP contribution in [0.5, 0.6) is 0 Å². The molecule has 0 N–H and O–H groups in total. The van der Waals surface area contributed by atoms with Crippen LogP contribution in [0.1, 0.15) is 12.5 Å². The molecule has 20 heavy (non-hydrogen) atoms. The maximum Gasteiger partial charge on any atom is 0.308 e. The van der Waals surface area contributed by atoms with E-state index in [0.717, 1.165) is 5.56 Å². The number of terminal acetylenes is 1. The summed E-state index contributed by atoms with van der Waals surface area (Å²) in [5.41, 5.74) is 3.71. The van der Waals surface area contributed by atoms with Crippen molar-refractivity contribution < 1.29 is 14.3 Å². The number of esters is 1. The number of rotatable bonds is 6. The third-order valence-corrected chi connectivity index (χ3v) is 2.13. The van der Waals surface area contributed by atoms with E-state index in [1.165, 1.54) is 6.92 Å². The highest BCUT2D eigenvalue weighted by atomic mass is 16.5. The summed E-state index contributed by atoms with van der Waals surface area (Å²) in [4.78, 5) is 11.1. The van der Waals surface area contributed by atoms with Gasteiger partial charge in [-0.1, -0.05) is 54.1 Å². The van der Waals surface area contributed by atoms with Gasteiger partial charge in [0.05, 0.1) is 6.61 Å². The van der Waals surface area contributed by atoms with Crippen molar-refractivity contribution in [3.63, 3.8) is 0 Å². The molecule has 0 aliphatic carbocycles. The Balaban J connectivity index is 2.75. The summed E-state index contributed by atoms with van der Waals surface area (Å²) in [6.45, 7) is 2.07. The molecule has 102 valence electrons. The van der Waals surface area contributed by atoms with E-state index in [2.05, 4.69) is 11.7 Å². The minimum atomic E-state index is -0.383. The first-order valence-corrected chi connectivity index (χ1v) is 6.11. The van der Waals surface area contributed by atoms with E-state index in [1.54, 1.807) is 18.2 Å². The molecule has 0 spiro atoms. The monoisotopic (exact) mass is 268 g/mol. The largest absolute Gasteiger partial charge is 0.417 e. The van der Waals surface area contributed by atoms with E-state index >= 15 is 0 Å². The lowest BCUT2D eigenvalue weighted by atomic mass is 10.2. The van der Waals surface area contributed by atoms with E-state index in [9.17, 15) is 4.79 Å². The highest BCUT2D eigenvalue weighted by molar-refractivity contribution is 5.75. The SMILES string of the molecule is C#CCOC/C=C/C=C=C(OC(C)=O)c1ccccc1. The summed E-state index contributed by atoms with van der Waals surface area (Å²) in [5, 5.41) is 0. The van der Waals surface area contributed by atoms with Crippen molar-refractivity contribution in [1.82, 2.24) is 0 Å². The summed E-state index contributed by atoms with van der Waals surface area (Å²) in [7, 11) is 0. The molecule has 1 aromatic carbocycles. The molecule has 0 atom stereocenters. The molecule has 0 amide bonds. The zero-order valence-corrected chi connectivity index (χ0v) is 11.3. The molecular formula is C17H16O3. The summed E-state index contributed by atoms with van der Waals surface area (Å²) in [5.74, 6) is 2.37. The molecule has 0 fully saturated rings. The molecule has 0 radical (unpaired) electrons. The normalized spacial score (nSPS) is 9.60. The summed E-state index contributed by atoms with van der Waals surface area (Å²) in [6, 6.07) is 9.31. The number of carbonyl (C=O) groups excluding carboxylic acids is 1. The molecular weight excluding hydrogens is 252 g/mol. The third-order valence-electron chi connectivity index (χ3n) is 2.13. The average molecular weight is 268 g/mol. The Bertz CT molecular complexity index is 556.